The van der Waals surface area contributed by atoms with E-state index in [0.29, 0.717) is 11.1 Å². The topological polar surface area (TPSA) is 95.9 Å². The number of amides is 1. The minimum absolute atomic E-state index is 0.0803. The average Bonchev–Trinajstić information content (AvgIpc) is 2.77. The van der Waals surface area contributed by atoms with Gasteiger partial charge in [-0.15, -0.1) is 0 Å². The van der Waals surface area contributed by atoms with Gasteiger partial charge in [0.1, 0.15) is 24.7 Å². The molecule has 6 heteroatoms. The molecule has 1 amide bonds. The fourth-order valence-corrected chi connectivity index (χ4v) is 3.14. The number of esters is 1. The number of nitrogens with one attached hydrogen (secondary N) is 1. The molecule has 0 spiro atoms. The molecule has 0 unspecified atom stereocenters. The Bertz CT molecular complexity index is 953. The number of hydrogen-bond donors (Lipinski definition) is 3. The number of ether oxygens (including phenoxy) is 1. The number of aromatic hydroxyl groups is 2. The van der Waals surface area contributed by atoms with E-state index in [1.807, 2.05) is 30.3 Å². The summed E-state index contributed by atoms with van der Waals surface area (Å²) in [7, 11) is 0. The van der Waals surface area contributed by atoms with E-state index >= 15 is 0 Å². The maximum atomic E-state index is 13.2. The van der Waals surface area contributed by atoms with Crippen molar-refractivity contribution in [3.63, 3.8) is 0 Å². The summed E-state index contributed by atoms with van der Waals surface area (Å²) < 4.78 is 5.21. The summed E-state index contributed by atoms with van der Waals surface area (Å²) in [6, 6.07) is 21.8. The Labute approximate surface area is 174 Å². The van der Waals surface area contributed by atoms with Gasteiger partial charge in [0, 0.05) is 0 Å². The van der Waals surface area contributed by atoms with E-state index in [-0.39, 0.29) is 24.7 Å². The lowest BCUT2D eigenvalue weighted by Crippen LogP contribution is -2.45. The van der Waals surface area contributed by atoms with Gasteiger partial charge in [0.15, 0.2) is 0 Å². The first-order chi connectivity index (χ1) is 14.4. The zero-order valence-electron chi connectivity index (χ0n) is 16.5. The van der Waals surface area contributed by atoms with E-state index in [2.05, 4.69) is 5.32 Å². The largest absolute Gasteiger partial charge is 0.508 e. The molecule has 3 rings (SSSR count). The van der Waals surface area contributed by atoms with Gasteiger partial charge in [-0.3, -0.25) is 9.59 Å². The fraction of sp³-hybridized carbons (Fsp3) is 0.167. The first-order valence-corrected chi connectivity index (χ1v) is 9.46. The van der Waals surface area contributed by atoms with Crippen molar-refractivity contribution in [1.29, 1.82) is 0 Å². The van der Waals surface area contributed by atoms with Crippen LogP contribution in [-0.4, -0.2) is 28.6 Å². The molecular weight excluding hydrogens is 382 g/mol. The Balaban J connectivity index is 1.74. The van der Waals surface area contributed by atoms with Crippen LogP contribution in [0.15, 0.2) is 78.9 Å². The Morgan fingerprint density at radius 1 is 0.833 bits per heavy atom. The molecule has 0 aliphatic rings. The molecule has 0 atom stereocenters. The quantitative estimate of drug-likeness (QED) is 0.525. The van der Waals surface area contributed by atoms with Crippen LogP contribution in [0, 0.1) is 0 Å². The van der Waals surface area contributed by atoms with Crippen LogP contribution in [0.25, 0.3) is 0 Å². The molecule has 0 fully saturated rings. The molecule has 0 aliphatic heterocycles. The van der Waals surface area contributed by atoms with Gasteiger partial charge in [-0.2, -0.15) is 0 Å². The summed E-state index contributed by atoms with van der Waals surface area (Å²) in [6.07, 6.45) is 0. The lowest BCUT2D eigenvalue weighted by molar-refractivity contribution is -0.145. The number of carbonyl (C=O) groups excluding carboxylic acids is 2. The predicted octanol–water partition coefficient (Wildman–Crippen LogP) is 3.26. The Morgan fingerprint density at radius 2 is 1.33 bits per heavy atom. The third-order valence-corrected chi connectivity index (χ3v) is 4.98. The maximum absolute atomic E-state index is 13.2. The van der Waals surface area contributed by atoms with Gasteiger partial charge in [-0.1, -0.05) is 54.6 Å². The van der Waals surface area contributed by atoms with Crippen molar-refractivity contribution in [3.8, 4) is 11.5 Å². The van der Waals surface area contributed by atoms with Crippen LogP contribution in [-0.2, 0) is 26.3 Å². The lowest BCUT2D eigenvalue weighted by atomic mass is 9.75. The van der Waals surface area contributed by atoms with Gasteiger partial charge < -0.3 is 20.3 Å². The second-order valence-electron chi connectivity index (χ2n) is 7.05. The standard InChI is InChI=1S/C24H23NO5/c1-24(18-7-11-20(26)12-8-18,19-9-13-21(27)14-10-19)23(29)25-15-22(28)30-16-17-5-3-2-4-6-17/h2-14,26-27H,15-16H2,1H3,(H,25,29). The van der Waals surface area contributed by atoms with Crippen molar-refractivity contribution >= 4 is 11.9 Å². The zero-order chi connectivity index (χ0) is 21.6. The molecule has 3 aromatic rings. The highest BCUT2D eigenvalue weighted by Gasteiger charge is 2.37. The Hall–Kier alpha value is -3.80. The van der Waals surface area contributed by atoms with E-state index in [0.717, 1.165) is 5.56 Å². The zero-order valence-corrected chi connectivity index (χ0v) is 16.5. The molecule has 0 bridgehead atoms. The average molecular weight is 405 g/mol. The first kappa shape index (κ1) is 20.9. The third-order valence-electron chi connectivity index (χ3n) is 4.98. The summed E-state index contributed by atoms with van der Waals surface area (Å²) in [5.41, 5.74) is 0.957. The number of benzene rings is 3. The van der Waals surface area contributed by atoms with Crippen molar-refractivity contribution < 1.29 is 24.5 Å². The molecule has 0 aliphatic carbocycles. The summed E-state index contributed by atoms with van der Waals surface area (Å²) in [4.78, 5) is 25.3. The monoisotopic (exact) mass is 405 g/mol. The van der Waals surface area contributed by atoms with Crippen LogP contribution in [0.1, 0.15) is 23.6 Å². The van der Waals surface area contributed by atoms with Crippen LogP contribution >= 0.6 is 0 Å². The van der Waals surface area contributed by atoms with E-state index in [1.165, 1.54) is 24.3 Å². The van der Waals surface area contributed by atoms with Crippen LogP contribution in [0.5, 0.6) is 11.5 Å². The van der Waals surface area contributed by atoms with Crippen molar-refractivity contribution in [2.75, 3.05) is 6.54 Å². The van der Waals surface area contributed by atoms with Crippen molar-refractivity contribution in [2.24, 2.45) is 0 Å². The van der Waals surface area contributed by atoms with Gasteiger partial charge in [0.05, 0.1) is 5.41 Å². The van der Waals surface area contributed by atoms with Gasteiger partial charge >= 0.3 is 5.97 Å². The SMILES string of the molecule is CC(C(=O)NCC(=O)OCc1ccccc1)(c1ccc(O)cc1)c1ccc(O)cc1. The third kappa shape index (κ3) is 4.78. The van der Waals surface area contributed by atoms with E-state index in [1.54, 1.807) is 31.2 Å². The number of phenols is 2. The van der Waals surface area contributed by atoms with E-state index in [9.17, 15) is 19.8 Å². The number of rotatable bonds is 7. The van der Waals surface area contributed by atoms with Crippen LogP contribution < -0.4 is 5.32 Å². The van der Waals surface area contributed by atoms with Crippen molar-refractivity contribution in [3.05, 3.63) is 95.6 Å². The number of carbonyl (C=O) groups is 2. The summed E-state index contributed by atoms with van der Waals surface area (Å²) in [5, 5.41) is 21.9. The molecule has 0 heterocycles. The second-order valence-corrected chi connectivity index (χ2v) is 7.05. The van der Waals surface area contributed by atoms with E-state index < -0.39 is 17.3 Å². The van der Waals surface area contributed by atoms with Crippen molar-refractivity contribution in [2.45, 2.75) is 18.9 Å². The minimum atomic E-state index is -1.15. The minimum Gasteiger partial charge on any atom is -0.508 e. The highest BCUT2D eigenvalue weighted by Crippen LogP contribution is 2.34. The predicted molar refractivity (Wildman–Crippen MR) is 112 cm³/mol. The fourth-order valence-electron chi connectivity index (χ4n) is 3.14. The number of phenolic OH excluding ortho intramolecular Hbond substituents is 2. The van der Waals surface area contributed by atoms with E-state index in [4.69, 9.17) is 4.74 Å². The van der Waals surface area contributed by atoms with Gasteiger partial charge in [-0.25, -0.2) is 0 Å². The lowest BCUT2D eigenvalue weighted by Gasteiger charge is -2.29. The van der Waals surface area contributed by atoms with Crippen LogP contribution in [0.2, 0.25) is 0 Å². The summed E-state index contributed by atoms with van der Waals surface area (Å²) in [5.74, 6) is -0.796. The second kappa shape index (κ2) is 9.13. The van der Waals surface area contributed by atoms with Gasteiger partial charge in [0.25, 0.3) is 0 Å². The molecular formula is C24H23NO5. The molecule has 154 valence electrons. The molecule has 0 radical (unpaired) electrons. The smallest absolute Gasteiger partial charge is 0.325 e. The first-order valence-electron chi connectivity index (χ1n) is 9.46. The normalized spacial score (nSPS) is 11.0. The molecule has 0 saturated heterocycles. The highest BCUT2D eigenvalue weighted by atomic mass is 16.5. The molecule has 3 N–H and O–H groups in total. The van der Waals surface area contributed by atoms with Crippen LogP contribution in [0.3, 0.4) is 0 Å². The van der Waals surface area contributed by atoms with Crippen molar-refractivity contribution in [1.82, 2.24) is 5.32 Å². The molecule has 0 aromatic heterocycles. The Morgan fingerprint density at radius 3 is 1.83 bits per heavy atom. The summed E-state index contributed by atoms with van der Waals surface area (Å²) >= 11 is 0. The summed E-state index contributed by atoms with van der Waals surface area (Å²) in [6.45, 7) is 1.57. The number of hydrogen-bond acceptors (Lipinski definition) is 5. The maximum Gasteiger partial charge on any atom is 0.325 e. The molecule has 30 heavy (non-hydrogen) atoms. The van der Waals surface area contributed by atoms with Gasteiger partial charge in [0.2, 0.25) is 5.91 Å². The Kier molecular flexibility index (Phi) is 6.37. The molecule has 3 aromatic carbocycles. The highest BCUT2D eigenvalue weighted by molar-refractivity contribution is 5.93. The van der Waals surface area contributed by atoms with Crippen LogP contribution in [0.4, 0.5) is 0 Å². The molecule has 6 nitrogen and oxygen atoms in total. The molecule has 0 saturated carbocycles. The van der Waals surface area contributed by atoms with Gasteiger partial charge in [-0.05, 0) is 47.9 Å².